The van der Waals surface area contributed by atoms with Gasteiger partial charge in [0.2, 0.25) is 6.79 Å². The third kappa shape index (κ3) is 8.98. The average Bonchev–Trinajstić information content (AvgIpc) is 2.59. The van der Waals surface area contributed by atoms with Gasteiger partial charge >= 0.3 is 11.9 Å². The summed E-state index contributed by atoms with van der Waals surface area (Å²) in [5.74, 6) is -0.950. The van der Waals surface area contributed by atoms with E-state index < -0.39 is 17.4 Å². The Balaban J connectivity index is 2.59. The van der Waals surface area contributed by atoms with Crippen LogP contribution in [0.5, 0.6) is 0 Å². The molecule has 0 unspecified atom stereocenters. The standard InChI is InChI=1S/C26H38O4/c1-19(14-15-22-21(3)13-10-16-26(22,7)8)11-9-12-20(2)17-23(27)29-18-30-24(28)25(4,5)6/h9,11-12,14-15,17H,10,13,16,18H2,1-8H3/b12-9+,15-14+,19-11+,20-17+. The van der Waals surface area contributed by atoms with Gasteiger partial charge in [0.1, 0.15) is 0 Å². The van der Waals surface area contributed by atoms with Crippen LogP contribution < -0.4 is 0 Å². The Hall–Kier alpha value is -2.36. The first-order valence-corrected chi connectivity index (χ1v) is 10.6. The summed E-state index contributed by atoms with van der Waals surface area (Å²) < 4.78 is 9.84. The minimum Gasteiger partial charge on any atom is -0.427 e. The molecular formula is C26H38O4. The summed E-state index contributed by atoms with van der Waals surface area (Å²) in [6.45, 7) is 15.6. The first-order chi connectivity index (χ1) is 13.8. The number of esters is 2. The zero-order valence-corrected chi connectivity index (χ0v) is 19.9. The molecule has 0 bridgehead atoms. The van der Waals surface area contributed by atoms with Crippen LogP contribution in [-0.4, -0.2) is 18.7 Å². The van der Waals surface area contributed by atoms with Gasteiger partial charge in [-0.3, -0.25) is 4.79 Å². The molecule has 1 rings (SSSR count). The van der Waals surface area contributed by atoms with E-state index in [0.717, 1.165) is 11.1 Å². The topological polar surface area (TPSA) is 52.6 Å². The van der Waals surface area contributed by atoms with Crippen molar-refractivity contribution < 1.29 is 19.1 Å². The van der Waals surface area contributed by atoms with Gasteiger partial charge in [-0.2, -0.15) is 0 Å². The Morgan fingerprint density at radius 2 is 1.73 bits per heavy atom. The highest BCUT2D eigenvalue weighted by atomic mass is 16.7. The summed E-state index contributed by atoms with van der Waals surface area (Å²) in [4.78, 5) is 23.4. The molecule has 0 aromatic carbocycles. The highest BCUT2D eigenvalue weighted by molar-refractivity contribution is 5.83. The SMILES string of the molecule is CC1=C(/C=C/C(C)=C/C=C/C(C)=C/C(=O)OCOC(=O)C(C)(C)C)C(C)(C)CCC1. The van der Waals surface area contributed by atoms with Gasteiger partial charge in [-0.1, -0.05) is 55.4 Å². The van der Waals surface area contributed by atoms with Gasteiger partial charge in [0.25, 0.3) is 0 Å². The number of carbonyl (C=O) groups excluding carboxylic acids is 2. The molecule has 0 aliphatic heterocycles. The molecule has 0 saturated carbocycles. The van der Waals surface area contributed by atoms with E-state index in [1.54, 1.807) is 20.8 Å². The lowest BCUT2D eigenvalue weighted by Crippen LogP contribution is -2.24. The highest BCUT2D eigenvalue weighted by Crippen LogP contribution is 2.40. The van der Waals surface area contributed by atoms with Crippen molar-refractivity contribution in [2.75, 3.05) is 6.79 Å². The number of allylic oxidation sites excluding steroid dienone is 9. The van der Waals surface area contributed by atoms with E-state index in [9.17, 15) is 9.59 Å². The van der Waals surface area contributed by atoms with Gasteiger partial charge in [-0.05, 0) is 77.4 Å². The summed E-state index contributed by atoms with van der Waals surface area (Å²) in [5, 5.41) is 0. The van der Waals surface area contributed by atoms with Crippen LogP contribution in [0.4, 0.5) is 0 Å². The lowest BCUT2D eigenvalue weighted by atomic mass is 9.72. The van der Waals surface area contributed by atoms with Gasteiger partial charge < -0.3 is 9.47 Å². The molecule has 0 N–H and O–H groups in total. The van der Waals surface area contributed by atoms with E-state index in [0.29, 0.717) is 0 Å². The Labute approximate surface area is 182 Å². The minimum atomic E-state index is -0.623. The molecular weight excluding hydrogens is 376 g/mol. The molecule has 0 amide bonds. The summed E-state index contributed by atoms with van der Waals surface area (Å²) in [5.41, 5.74) is 4.42. The fraction of sp³-hybridized carbons (Fsp3) is 0.538. The van der Waals surface area contributed by atoms with Crippen LogP contribution in [0.3, 0.4) is 0 Å². The second kappa shape index (κ2) is 11.1. The summed E-state index contributed by atoms with van der Waals surface area (Å²) in [6.07, 6.45) is 15.2. The Bertz CT molecular complexity index is 780. The van der Waals surface area contributed by atoms with Crippen molar-refractivity contribution in [1.82, 2.24) is 0 Å². The second-order valence-corrected chi connectivity index (χ2v) is 9.69. The highest BCUT2D eigenvalue weighted by Gasteiger charge is 2.26. The van der Waals surface area contributed by atoms with Crippen LogP contribution >= 0.6 is 0 Å². The van der Waals surface area contributed by atoms with Gasteiger partial charge in [0, 0.05) is 6.08 Å². The maximum absolute atomic E-state index is 11.8. The molecule has 4 heteroatoms. The first-order valence-electron chi connectivity index (χ1n) is 10.6. The summed E-state index contributed by atoms with van der Waals surface area (Å²) >= 11 is 0. The summed E-state index contributed by atoms with van der Waals surface area (Å²) in [7, 11) is 0. The van der Waals surface area contributed by atoms with Crippen molar-refractivity contribution in [1.29, 1.82) is 0 Å². The number of carbonyl (C=O) groups is 2. The molecule has 0 aromatic rings. The molecule has 166 valence electrons. The second-order valence-electron chi connectivity index (χ2n) is 9.69. The number of rotatable bonds is 7. The van der Waals surface area contributed by atoms with E-state index in [1.807, 2.05) is 25.2 Å². The molecule has 1 aliphatic carbocycles. The van der Waals surface area contributed by atoms with Crippen LogP contribution in [0.15, 0.2) is 58.7 Å². The monoisotopic (exact) mass is 414 g/mol. The molecule has 0 saturated heterocycles. The maximum Gasteiger partial charge on any atom is 0.333 e. The number of hydrogen-bond acceptors (Lipinski definition) is 4. The zero-order chi connectivity index (χ0) is 22.9. The van der Waals surface area contributed by atoms with Gasteiger partial charge in [-0.15, -0.1) is 0 Å². The van der Waals surface area contributed by atoms with Crippen molar-refractivity contribution in [2.24, 2.45) is 10.8 Å². The maximum atomic E-state index is 11.8. The summed E-state index contributed by atoms with van der Waals surface area (Å²) in [6, 6.07) is 0. The fourth-order valence-corrected chi connectivity index (χ4v) is 3.27. The molecule has 0 aromatic heterocycles. The number of hydrogen-bond donors (Lipinski definition) is 0. The minimum absolute atomic E-state index is 0.232. The van der Waals surface area contributed by atoms with Crippen molar-refractivity contribution in [3.05, 3.63) is 58.7 Å². The molecule has 0 fully saturated rings. The molecule has 30 heavy (non-hydrogen) atoms. The molecule has 1 aliphatic rings. The van der Waals surface area contributed by atoms with E-state index in [-0.39, 0.29) is 12.2 Å². The van der Waals surface area contributed by atoms with Gasteiger partial charge in [0.05, 0.1) is 5.41 Å². The smallest absolute Gasteiger partial charge is 0.333 e. The molecule has 0 atom stereocenters. The Kier molecular flexibility index (Phi) is 9.54. The lowest BCUT2D eigenvalue weighted by molar-refractivity contribution is -0.170. The van der Waals surface area contributed by atoms with E-state index in [4.69, 9.17) is 9.47 Å². The largest absolute Gasteiger partial charge is 0.427 e. The Morgan fingerprint density at radius 1 is 1.07 bits per heavy atom. The quantitative estimate of drug-likeness (QED) is 0.204. The van der Waals surface area contributed by atoms with Gasteiger partial charge in [0.15, 0.2) is 0 Å². The van der Waals surface area contributed by atoms with Crippen molar-refractivity contribution >= 4 is 11.9 Å². The normalized spacial score (nSPS) is 18.3. The van der Waals surface area contributed by atoms with Crippen LogP contribution in [0.2, 0.25) is 0 Å². The lowest BCUT2D eigenvalue weighted by Gasteiger charge is -2.32. The van der Waals surface area contributed by atoms with Crippen LogP contribution in [0.1, 0.15) is 74.7 Å². The third-order valence-corrected chi connectivity index (χ3v) is 5.12. The molecule has 0 heterocycles. The predicted molar refractivity (Wildman–Crippen MR) is 123 cm³/mol. The Morgan fingerprint density at radius 3 is 2.33 bits per heavy atom. The van der Waals surface area contributed by atoms with Crippen molar-refractivity contribution in [2.45, 2.75) is 74.7 Å². The fourth-order valence-electron chi connectivity index (χ4n) is 3.27. The van der Waals surface area contributed by atoms with E-state index in [1.165, 1.54) is 36.5 Å². The van der Waals surface area contributed by atoms with Gasteiger partial charge in [-0.25, -0.2) is 4.79 Å². The van der Waals surface area contributed by atoms with Crippen LogP contribution in [0.25, 0.3) is 0 Å². The van der Waals surface area contributed by atoms with E-state index >= 15 is 0 Å². The van der Waals surface area contributed by atoms with Crippen LogP contribution in [0, 0.1) is 10.8 Å². The third-order valence-electron chi connectivity index (χ3n) is 5.12. The van der Waals surface area contributed by atoms with Crippen molar-refractivity contribution in [3.63, 3.8) is 0 Å². The predicted octanol–water partition coefficient (Wildman–Crippen LogP) is 6.61. The van der Waals surface area contributed by atoms with E-state index in [2.05, 4.69) is 39.8 Å². The van der Waals surface area contributed by atoms with Crippen molar-refractivity contribution in [3.8, 4) is 0 Å². The molecule has 0 spiro atoms. The average molecular weight is 415 g/mol. The van der Waals surface area contributed by atoms with Crippen LogP contribution in [-0.2, 0) is 19.1 Å². The zero-order valence-electron chi connectivity index (χ0n) is 19.9. The number of ether oxygens (including phenoxy) is 2. The first kappa shape index (κ1) is 25.7. The molecule has 0 radical (unpaired) electrons. The molecule has 4 nitrogen and oxygen atoms in total.